The highest BCUT2D eigenvalue weighted by Crippen LogP contribution is 2.15. The monoisotopic (exact) mass is 250 g/mol. The molecule has 0 spiro atoms. The van der Waals surface area contributed by atoms with Crippen molar-refractivity contribution in [2.45, 2.75) is 6.92 Å². The van der Waals surface area contributed by atoms with Crippen LogP contribution in [0.3, 0.4) is 0 Å². The Hall–Kier alpha value is -1.94. The first-order valence-electron chi connectivity index (χ1n) is 4.79. The van der Waals surface area contributed by atoms with Crippen LogP contribution in [0.25, 0.3) is 0 Å². The molecule has 5 heteroatoms. The Morgan fingerprint density at radius 3 is 2.53 bits per heavy atom. The van der Waals surface area contributed by atoms with Crippen LogP contribution in [0.4, 0.5) is 0 Å². The molecule has 17 heavy (non-hydrogen) atoms. The molecular weight excluding hydrogens is 240 g/mol. The highest BCUT2D eigenvalue weighted by atomic mass is 35.5. The average molecular weight is 251 g/mol. The summed E-state index contributed by atoms with van der Waals surface area (Å²) in [6.45, 7) is 5.05. The number of carbonyl (C=O) groups is 1. The van der Waals surface area contributed by atoms with E-state index in [1.807, 2.05) is 0 Å². The minimum Gasteiger partial charge on any atom is -0.442 e. The van der Waals surface area contributed by atoms with Gasteiger partial charge in [0.15, 0.2) is 6.29 Å². The van der Waals surface area contributed by atoms with Gasteiger partial charge >= 0.3 is 0 Å². The molecule has 88 valence electrons. The molecule has 0 fully saturated rings. The number of carbonyl (C=O) groups excluding carboxylic acids is 1. The summed E-state index contributed by atoms with van der Waals surface area (Å²) in [5.41, 5.74) is 0.143. The second-order valence-corrected chi connectivity index (χ2v) is 3.46. The lowest BCUT2D eigenvalue weighted by molar-refractivity contribution is -0.102. The highest BCUT2D eigenvalue weighted by molar-refractivity contribution is 6.33. The van der Waals surface area contributed by atoms with Crippen LogP contribution in [-0.4, -0.2) is 17.9 Å². The van der Waals surface area contributed by atoms with Crippen LogP contribution < -0.4 is 4.74 Å². The van der Waals surface area contributed by atoms with Crippen molar-refractivity contribution in [2.24, 2.45) is 10.2 Å². The summed E-state index contributed by atoms with van der Waals surface area (Å²) in [5, 5.41) is 8.00. The third kappa shape index (κ3) is 4.61. The van der Waals surface area contributed by atoms with E-state index in [1.165, 1.54) is 6.08 Å². The molecule has 4 nitrogen and oxygen atoms in total. The smallest absolute Gasteiger partial charge is 0.211 e. The zero-order valence-corrected chi connectivity index (χ0v) is 10.0. The summed E-state index contributed by atoms with van der Waals surface area (Å²) in [6, 6.07) is 6.82. The minimum absolute atomic E-state index is 0.143. The SMILES string of the molecule is C=C/C(C=O)=N\N=C(/C)Oc1ccc(Cl)cc1. The quantitative estimate of drug-likeness (QED) is 0.357. The van der Waals surface area contributed by atoms with Gasteiger partial charge in [-0.2, -0.15) is 0 Å². The summed E-state index contributed by atoms with van der Waals surface area (Å²) in [5.74, 6) is 0.908. The number of hydrogen-bond donors (Lipinski definition) is 0. The fraction of sp³-hybridized carbons (Fsp3) is 0.0833. The van der Waals surface area contributed by atoms with Gasteiger partial charge in [0.2, 0.25) is 5.90 Å². The van der Waals surface area contributed by atoms with Crippen molar-refractivity contribution < 1.29 is 9.53 Å². The molecule has 0 aliphatic heterocycles. The molecule has 0 radical (unpaired) electrons. The highest BCUT2D eigenvalue weighted by Gasteiger charge is 1.96. The number of aldehydes is 1. The van der Waals surface area contributed by atoms with Gasteiger partial charge in [-0.3, -0.25) is 4.79 Å². The maximum absolute atomic E-state index is 10.4. The Labute approximate surface area is 104 Å². The van der Waals surface area contributed by atoms with E-state index < -0.39 is 0 Å². The fourth-order valence-electron chi connectivity index (χ4n) is 0.934. The van der Waals surface area contributed by atoms with E-state index in [0.717, 1.165) is 0 Å². The number of ether oxygens (including phenoxy) is 1. The van der Waals surface area contributed by atoms with Crippen LogP contribution in [0.15, 0.2) is 47.1 Å². The molecule has 1 rings (SSSR count). The van der Waals surface area contributed by atoms with Crippen LogP contribution in [-0.2, 0) is 4.79 Å². The number of nitrogens with zero attached hydrogens (tertiary/aromatic N) is 2. The van der Waals surface area contributed by atoms with Gasteiger partial charge < -0.3 is 4.74 Å². The van der Waals surface area contributed by atoms with Crippen molar-refractivity contribution in [1.29, 1.82) is 0 Å². The van der Waals surface area contributed by atoms with Gasteiger partial charge in [-0.05, 0) is 30.3 Å². The summed E-state index contributed by atoms with van der Waals surface area (Å²) in [6.07, 6.45) is 1.87. The molecule has 0 heterocycles. The lowest BCUT2D eigenvalue weighted by atomic mass is 10.3. The zero-order chi connectivity index (χ0) is 12.7. The Morgan fingerprint density at radius 1 is 1.35 bits per heavy atom. The van der Waals surface area contributed by atoms with Gasteiger partial charge in [-0.15, -0.1) is 10.2 Å². The van der Waals surface area contributed by atoms with Crippen molar-refractivity contribution in [3.05, 3.63) is 41.9 Å². The van der Waals surface area contributed by atoms with Crippen molar-refractivity contribution in [3.63, 3.8) is 0 Å². The van der Waals surface area contributed by atoms with Crippen molar-refractivity contribution in [3.8, 4) is 5.75 Å². The minimum atomic E-state index is 0.143. The van der Waals surface area contributed by atoms with E-state index in [0.29, 0.717) is 23.0 Å². The standard InChI is InChI=1S/C12H11ClN2O2/c1-3-11(8-16)15-14-9(2)17-12-6-4-10(13)5-7-12/h3-8H,1H2,2H3/b14-9+,15-11+. The molecule has 0 bridgehead atoms. The van der Waals surface area contributed by atoms with Crippen LogP contribution in [0.5, 0.6) is 5.75 Å². The topological polar surface area (TPSA) is 51.0 Å². The molecule has 0 unspecified atom stereocenters. The molecule has 0 amide bonds. The average Bonchev–Trinajstić information content (AvgIpc) is 2.33. The third-order valence-corrected chi connectivity index (χ3v) is 1.97. The van der Waals surface area contributed by atoms with E-state index in [1.54, 1.807) is 31.2 Å². The van der Waals surface area contributed by atoms with Gasteiger partial charge in [0.05, 0.1) is 0 Å². The summed E-state index contributed by atoms with van der Waals surface area (Å²) in [7, 11) is 0. The van der Waals surface area contributed by atoms with E-state index in [2.05, 4.69) is 16.8 Å². The van der Waals surface area contributed by atoms with Crippen molar-refractivity contribution in [1.82, 2.24) is 0 Å². The van der Waals surface area contributed by atoms with Gasteiger partial charge in [0, 0.05) is 11.9 Å². The van der Waals surface area contributed by atoms with E-state index >= 15 is 0 Å². The molecular formula is C12H11ClN2O2. The van der Waals surface area contributed by atoms with Gasteiger partial charge in [0.25, 0.3) is 0 Å². The van der Waals surface area contributed by atoms with Gasteiger partial charge in [0.1, 0.15) is 11.5 Å². The maximum atomic E-state index is 10.4. The Morgan fingerprint density at radius 2 is 2.00 bits per heavy atom. The lowest BCUT2D eigenvalue weighted by Gasteiger charge is -2.02. The molecule has 0 atom stereocenters. The largest absolute Gasteiger partial charge is 0.442 e. The van der Waals surface area contributed by atoms with Gasteiger partial charge in [-0.1, -0.05) is 18.2 Å². The molecule has 0 N–H and O–H groups in total. The molecule has 1 aromatic carbocycles. The number of allylic oxidation sites excluding steroid dienone is 1. The second kappa shape index (κ2) is 6.60. The number of benzene rings is 1. The summed E-state index contributed by atoms with van der Waals surface area (Å²) in [4.78, 5) is 10.4. The first kappa shape index (κ1) is 13.1. The summed E-state index contributed by atoms with van der Waals surface area (Å²) < 4.78 is 5.34. The van der Waals surface area contributed by atoms with Crippen LogP contribution in [0.1, 0.15) is 6.92 Å². The maximum Gasteiger partial charge on any atom is 0.211 e. The number of halogens is 1. The third-order valence-electron chi connectivity index (χ3n) is 1.72. The normalized spacial score (nSPS) is 12.1. The van der Waals surface area contributed by atoms with Crippen molar-refractivity contribution in [2.75, 3.05) is 0 Å². The molecule has 0 aliphatic rings. The van der Waals surface area contributed by atoms with E-state index in [9.17, 15) is 4.79 Å². The van der Waals surface area contributed by atoms with Crippen LogP contribution in [0, 0.1) is 0 Å². The van der Waals surface area contributed by atoms with Crippen LogP contribution in [0.2, 0.25) is 5.02 Å². The predicted molar refractivity (Wildman–Crippen MR) is 68.9 cm³/mol. The molecule has 1 aromatic rings. The Bertz CT molecular complexity index is 454. The first-order valence-corrected chi connectivity index (χ1v) is 5.17. The summed E-state index contributed by atoms with van der Waals surface area (Å²) >= 11 is 5.73. The fourth-order valence-corrected chi connectivity index (χ4v) is 1.06. The number of rotatable bonds is 4. The first-order chi connectivity index (χ1) is 8.15. The predicted octanol–water partition coefficient (Wildman–Crippen LogP) is 2.88. The Balaban J connectivity index is 2.71. The zero-order valence-electron chi connectivity index (χ0n) is 9.26. The molecule has 0 saturated carbocycles. The molecule has 0 aliphatic carbocycles. The van der Waals surface area contributed by atoms with E-state index in [-0.39, 0.29) is 5.71 Å². The molecule has 0 aromatic heterocycles. The van der Waals surface area contributed by atoms with Crippen LogP contribution >= 0.6 is 11.6 Å². The van der Waals surface area contributed by atoms with E-state index in [4.69, 9.17) is 16.3 Å². The van der Waals surface area contributed by atoms with Gasteiger partial charge in [-0.25, -0.2) is 0 Å². The molecule has 0 saturated heterocycles. The Kier molecular flexibility index (Phi) is 5.10. The lowest BCUT2D eigenvalue weighted by Crippen LogP contribution is -2.03. The second-order valence-electron chi connectivity index (χ2n) is 3.02. The number of hydrogen-bond acceptors (Lipinski definition) is 4. The van der Waals surface area contributed by atoms with Crippen molar-refractivity contribution >= 4 is 29.5 Å².